The molecule has 3 heterocycles. The Labute approximate surface area is 209 Å². The van der Waals surface area contributed by atoms with Crippen LogP contribution in [0.2, 0.25) is 0 Å². The second-order valence-electron chi connectivity index (χ2n) is 8.95. The Morgan fingerprint density at radius 3 is 2.60 bits per heavy atom. The number of aromatic nitrogens is 3. The lowest BCUT2D eigenvalue weighted by atomic mass is 10.0. The molecule has 2 aromatic rings. The first kappa shape index (κ1) is 26.5. The summed E-state index contributed by atoms with van der Waals surface area (Å²) in [6.07, 6.45) is 4.78. The molecule has 1 aromatic carbocycles. The smallest absolute Gasteiger partial charge is 0.243 e. The van der Waals surface area contributed by atoms with Crippen molar-refractivity contribution in [3.63, 3.8) is 0 Å². The molecule has 0 saturated carbocycles. The Hall–Kier alpha value is -3.08. The number of rotatable bonds is 5. The molecule has 0 unspecified atom stereocenters. The summed E-state index contributed by atoms with van der Waals surface area (Å²) in [5.41, 5.74) is 1.42. The average Bonchev–Trinajstić information content (AvgIpc) is 3.27. The van der Waals surface area contributed by atoms with E-state index in [-0.39, 0.29) is 36.6 Å². The van der Waals surface area contributed by atoms with Gasteiger partial charge >= 0.3 is 0 Å². The van der Waals surface area contributed by atoms with Crippen molar-refractivity contribution >= 4 is 29.5 Å². The molecule has 190 valence electrons. The Morgan fingerprint density at radius 2 is 1.89 bits per heavy atom. The maximum Gasteiger partial charge on any atom is 0.243 e. The summed E-state index contributed by atoms with van der Waals surface area (Å²) in [5, 5.41) is 16.7. The van der Waals surface area contributed by atoms with Crippen LogP contribution >= 0.6 is 11.8 Å². The first-order valence-electron chi connectivity index (χ1n) is 11.8. The summed E-state index contributed by atoms with van der Waals surface area (Å²) in [5.74, 6) is 0.648. The number of hydrogen-bond donors (Lipinski definition) is 3. The van der Waals surface area contributed by atoms with Gasteiger partial charge in [-0.25, -0.2) is 4.68 Å². The second kappa shape index (κ2) is 13.1. The van der Waals surface area contributed by atoms with E-state index in [1.807, 2.05) is 44.4 Å². The molecule has 0 fully saturated rings. The quantitative estimate of drug-likeness (QED) is 0.526. The minimum absolute atomic E-state index is 0.140. The highest BCUT2D eigenvalue weighted by molar-refractivity contribution is 7.98. The summed E-state index contributed by atoms with van der Waals surface area (Å²) in [6.45, 7) is 5.06. The molecule has 0 radical (unpaired) electrons. The number of carbonyl (C=O) groups excluding carboxylic acids is 3. The molecule has 4 bridgehead atoms. The number of nitrogens with one attached hydrogen (secondary N) is 3. The number of fused-ring (bicyclic) bond motifs is 13. The molecule has 10 nitrogen and oxygen atoms in total. The van der Waals surface area contributed by atoms with E-state index < -0.39 is 12.1 Å². The molecule has 2 aliphatic heterocycles. The molecule has 3 amide bonds. The molecular weight excluding hydrogens is 468 g/mol. The van der Waals surface area contributed by atoms with E-state index in [1.165, 1.54) is 0 Å². The van der Waals surface area contributed by atoms with Gasteiger partial charge in [0.15, 0.2) is 0 Å². The van der Waals surface area contributed by atoms with E-state index >= 15 is 0 Å². The molecule has 0 saturated heterocycles. The van der Waals surface area contributed by atoms with Crippen molar-refractivity contribution in [2.24, 2.45) is 5.92 Å². The summed E-state index contributed by atoms with van der Waals surface area (Å²) >= 11 is 1.59. The maximum atomic E-state index is 13.1. The lowest BCUT2D eigenvalue weighted by molar-refractivity contribution is -0.132. The van der Waals surface area contributed by atoms with Gasteiger partial charge in [-0.3, -0.25) is 14.4 Å². The van der Waals surface area contributed by atoms with E-state index in [4.69, 9.17) is 4.74 Å². The number of benzene rings is 1. The molecule has 1 aromatic heterocycles. The zero-order chi connectivity index (χ0) is 25.2. The van der Waals surface area contributed by atoms with Crippen LogP contribution in [0.15, 0.2) is 30.5 Å². The maximum absolute atomic E-state index is 13.1. The van der Waals surface area contributed by atoms with Crippen molar-refractivity contribution in [2.75, 3.05) is 18.6 Å². The van der Waals surface area contributed by atoms with Gasteiger partial charge in [0.1, 0.15) is 30.1 Å². The minimum Gasteiger partial charge on any atom is -0.492 e. The molecule has 2 atom stereocenters. The highest BCUT2D eigenvalue weighted by Crippen LogP contribution is 2.13. The van der Waals surface area contributed by atoms with E-state index in [1.54, 1.807) is 22.6 Å². The minimum atomic E-state index is -0.731. The Balaban J connectivity index is 1.82. The van der Waals surface area contributed by atoms with E-state index in [0.29, 0.717) is 43.2 Å². The normalized spacial score (nSPS) is 20.1. The average molecular weight is 503 g/mol. The van der Waals surface area contributed by atoms with Crippen LogP contribution in [0.1, 0.15) is 37.9 Å². The molecule has 35 heavy (non-hydrogen) atoms. The third kappa shape index (κ3) is 8.57. The summed E-state index contributed by atoms with van der Waals surface area (Å²) < 4.78 is 7.42. The van der Waals surface area contributed by atoms with Gasteiger partial charge < -0.3 is 20.7 Å². The molecule has 4 rings (SSSR count). The van der Waals surface area contributed by atoms with E-state index in [2.05, 4.69) is 26.3 Å². The van der Waals surface area contributed by atoms with Crippen molar-refractivity contribution < 1.29 is 19.1 Å². The van der Waals surface area contributed by atoms with Gasteiger partial charge in [0.05, 0.1) is 25.7 Å². The van der Waals surface area contributed by atoms with Crippen molar-refractivity contribution in [3.8, 4) is 5.75 Å². The third-order valence-electron chi connectivity index (χ3n) is 5.51. The van der Waals surface area contributed by atoms with Crippen LogP contribution in [0.3, 0.4) is 0 Å². The molecular formula is C24H34N6O4S. The van der Waals surface area contributed by atoms with Crippen molar-refractivity contribution in [2.45, 2.75) is 58.3 Å². The number of amides is 3. The third-order valence-corrected chi connectivity index (χ3v) is 6.15. The van der Waals surface area contributed by atoms with Crippen LogP contribution in [0.5, 0.6) is 5.75 Å². The molecule has 3 N–H and O–H groups in total. The van der Waals surface area contributed by atoms with Gasteiger partial charge in [-0.1, -0.05) is 31.2 Å². The van der Waals surface area contributed by atoms with Gasteiger partial charge in [0.2, 0.25) is 17.7 Å². The van der Waals surface area contributed by atoms with Gasteiger partial charge in [-0.15, -0.1) is 5.10 Å². The number of thioether (sulfide) groups is 1. The zero-order valence-corrected chi connectivity index (χ0v) is 21.3. The van der Waals surface area contributed by atoms with Crippen molar-refractivity contribution in [3.05, 3.63) is 41.7 Å². The second-order valence-corrected chi connectivity index (χ2v) is 9.94. The van der Waals surface area contributed by atoms with Gasteiger partial charge in [0.25, 0.3) is 0 Å². The molecule has 11 heteroatoms. The molecule has 0 aliphatic carbocycles. The van der Waals surface area contributed by atoms with Crippen LogP contribution in [-0.4, -0.2) is 63.4 Å². The number of nitrogens with zero attached hydrogens (tertiary/aromatic N) is 3. The van der Waals surface area contributed by atoms with Crippen LogP contribution in [0, 0.1) is 5.92 Å². The molecule has 0 spiro atoms. The van der Waals surface area contributed by atoms with Crippen LogP contribution in [-0.2, 0) is 33.9 Å². The zero-order valence-electron chi connectivity index (χ0n) is 20.5. The SMILES string of the molecule is CSCC[C@@H]1NC(=O)Cc2ccc(cc2)OCCn2cc(nn2)CNC(=O)[C@@H](CC(C)C)NC1=O. The fourth-order valence-corrected chi connectivity index (χ4v) is 4.17. The van der Waals surface area contributed by atoms with E-state index in [0.717, 1.165) is 5.56 Å². The highest BCUT2D eigenvalue weighted by atomic mass is 32.2. The highest BCUT2D eigenvalue weighted by Gasteiger charge is 2.27. The topological polar surface area (TPSA) is 127 Å². The monoisotopic (exact) mass is 502 g/mol. The lowest BCUT2D eigenvalue weighted by Gasteiger charge is -2.24. The Bertz CT molecular complexity index is 994. The van der Waals surface area contributed by atoms with Gasteiger partial charge in [-0.05, 0) is 48.5 Å². The van der Waals surface area contributed by atoms with Crippen molar-refractivity contribution in [1.82, 2.24) is 30.9 Å². The van der Waals surface area contributed by atoms with Crippen LogP contribution in [0.25, 0.3) is 0 Å². The Morgan fingerprint density at radius 1 is 1.11 bits per heavy atom. The summed E-state index contributed by atoms with van der Waals surface area (Å²) in [4.78, 5) is 38.8. The lowest BCUT2D eigenvalue weighted by Crippen LogP contribution is -2.54. The first-order chi connectivity index (χ1) is 16.8. The standard InChI is InChI=1S/C24H34N6O4S/c1-16(2)12-21-23(32)25-14-18-15-30(29-28-18)9-10-34-19-6-4-17(5-7-19)13-22(31)26-20(8-11-35-3)24(33)27-21/h4-7,15-16,20-21H,8-14H2,1-3H3,(H,25,32)(H,26,31)(H,27,33)/t20-,21+/m0/s1. The van der Waals surface area contributed by atoms with Crippen LogP contribution < -0.4 is 20.7 Å². The number of carbonyl (C=O) groups is 3. The Kier molecular flexibility index (Phi) is 9.95. The van der Waals surface area contributed by atoms with Crippen LogP contribution in [0.4, 0.5) is 0 Å². The number of ether oxygens (including phenoxy) is 1. The van der Waals surface area contributed by atoms with Gasteiger partial charge in [-0.2, -0.15) is 11.8 Å². The predicted molar refractivity (Wildman–Crippen MR) is 134 cm³/mol. The predicted octanol–water partition coefficient (Wildman–Crippen LogP) is 1.30. The summed E-state index contributed by atoms with van der Waals surface area (Å²) in [6, 6.07) is 5.85. The fraction of sp³-hybridized carbons (Fsp3) is 0.542. The largest absolute Gasteiger partial charge is 0.492 e. The van der Waals surface area contributed by atoms with Crippen molar-refractivity contribution in [1.29, 1.82) is 0 Å². The number of hydrogen-bond acceptors (Lipinski definition) is 7. The fourth-order valence-electron chi connectivity index (χ4n) is 3.70. The van der Waals surface area contributed by atoms with E-state index in [9.17, 15) is 14.4 Å². The molecule has 2 aliphatic rings. The van der Waals surface area contributed by atoms with Gasteiger partial charge in [0, 0.05) is 0 Å². The summed E-state index contributed by atoms with van der Waals surface area (Å²) in [7, 11) is 0. The first-order valence-corrected chi connectivity index (χ1v) is 13.2.